The molecule has 5 rings (SSSR count). The van der Waals surface area contributed by atoms with Crippen molar-refractivity contribution in [2.75, 3.05) is 45.7 Å². The number of β-amino-alcohol motifs (C(OH)–C–C–N with tert-alkyl or cyclic N) is 1. The summed E-state index contributed by atoms with van der Waals surface area (Å²) in [5, 5.41) is 12.0. The lowest BCUT2D eigenvalue weighted by Gasteiger charge is -2.30. The number of halogens is 5. The first-order chi connectivity index (χ1) is 23.2. The zero-order valence-electron chi connectivity index (χ0n) is 27.4. The SMILES string of the molecule is CN(C)Cc1ccc(-c2ccc(F)c(F)c2)cc1.C[C@H]1COc2c(NC(=O)Cc3ccc(C(F)(F)F)cc3)cccc2C(=O)N(CCO)C1. The molecule has 4 aromatic carbocycles. The van der Waals surface area contributed by atoms with E-state index >= 15 is 0 Å². The van der Waals surface area contributed by atoms with Crippen molar-refractivity contribution in [3.63, 3.8) is 0 Å². The molecule has 1 heterocycles. The second-order valence-electron chi connectivity index (χ2n) is 12.1. The number of carbonyl (C=O) groups is 2. The fourth-order valence-electron chi connectivity index (χ4n) is 5.22. The highest BCUT2D eigenvalue weighted by atomic mass is 19.4. The Labute approximate surface area is 281 Å². The summed E-state index contributed by atoms with van der Waals surface area (Å²) in [4.78, 5) is 29.0. The lowest BCUT2D eigenvalue weighted by Crippen LogP contribution is -2.40. The Morgan fingerprint density at radius 1 is 0.939 bits per heavy atom. The minimum atomic E-state index is -4.44. The van der Waals surface area contributed by atoms with Crippen LogP contribution in [0.5, 0.6) is 5.75 Å². The van der Waals surface area contributed by atoms with E-state index in [2.05, 4.69) is 10.2 Å². The maximum Gasteiger partial charge on any atom is 0.416 e. The molecule has 260 valence electrons. The predicted octanol–water partition coefficient (Wildman–Crippen LogP) is 7.04. The molecule has 7 nitrogen and oxygen atoms in total. The second-order valence-corrected chi connectivity index (χ2v) is 12.1. The van der Waals surface area contributed by atoms with Gasteiger partial charge in [-0.1, -0.05) is 55.5 Å². The molecule has 4 aromatic rings. The van der Waals surface area contributed by atoms with Crippen molar-refractivity contribution in [1.82, 2.24) is 9.80 Å². The van der Waals surface area contributed by atoms with Gasteiger partial charge in [-0.2, -0.15) is 13.2 Å². The highest BCUT2D eigenvalue weighted by Gasteiger charge is 2.30. The van der Waals surface area contributed by atoms with Crippen LogP contribution in [-0.4, -0.2) is 67.1 Å². The Morgan fingerprint density at radius 2 is 1.59 bits per heavy atom. The molecule has 2 N–H and O–H groups in total. The number of amides is 2. The third-order valence-corrected chi connectivity index (χ3v) is 7.57. The third kappa shape index (κ3) is 10.3. The Kier molecular flexibility index (Phi) is 12.5. The van der Waals surface area contributed by atoms with Gasteiger partial charge in [-0.3, -0.25) is 9.59 Å². The number of hydrogen-bond acceptors (Lipinski definition) is 5. The van der Waals surface area contributed by atoms with Crippen molar-refractivity contribution in [1.29, 1.82) is 0 Å². The topological polar surface area (TPSA) is 82.1 Å². The average Bonchev–Trinajstić information content (AvgIpc) is 3.04. The van der Waals surface area contributed by atoms with Crippen molar-refractivity contribution in [3.05, 3.63) is 119 Å². The van der Waals surface area contributed by atoms with Crippen LogP contribution >= 0.6 is 0 Å². The lowest BCUT2D eigenvalue weighted by molar-refractivity contribution is -0.137. The maximum absolute atomic E-state index is 13.1. The Hall–Kier alpha value is -4.81. The van der Waals surface area contributed by atoms with E-state index < -0.39 is 29.3 Å². The Balaban J connectivity index is 0.000000254. The molecule has 0 aliphatic carbocycles. The number of aliphatic hydroxyl groups is 1. The Bertz CT molecular complexity index is 1730. The van der Waals surface area contributed by atoms with Crippen LogP contribution in [0.2, 0.25) is 0 Å². The van der Waals surface area contributed by atoms with Crippen LogP contribution in [0, 0.1) is 17.6 Å². The molecule has 0 radical (unpaired) electrons. The monoisotopic (exact) mass is 683 g/mol. The van der Waals surface area contributed by atoms with Crippen LogP contribution in [0.1, 0.15) is 34.0 Å². The van der Waals surface area contributed by atoms with Crippen molar-refractivity contribution >= 4 is 17.5 Å². The number of fused-ring (bicyclic) bond motifs is 1. The molecule has 49 heavy (non-hydrogen) atoms. The summed E-state index contributed by atoms with van der Waals surface area (Å²) in [5.74, 6) is -2.14. The summed E-state index contributed by atoms with van der Waals surface area (Å²) in [6.45, 7) is 3.54. The normalized spacial score (nSPS) is 14.6. The summed E-state index contributed by atoms with van der Waals surface area (Å²) in [5.41, 5.74) is 2.97. The van der Waals surface area contributed by atoms with Crippen LogP contribution in [0.4, 0.5) is 27.6 Å². The van der Waals surface area contributed by atoms with E-state index in [1.165, 1.54) is 23.8 Å². The number of carbonyl (C=O) groups excluding carboxylic acids is 2. The van der Waals surface area contributed by atoms with Gasteiger partial charge in [0.25, 0.3) is 5.91 Å². The predicted molar refractivity (Wildman–Crippen MR) is 177 cm³/mol. The van der Waals surface area contributed by atoms with E-state index in [0.29, 0.717) is 30.0 Å². The molecule has 0 bridgehead atoms. The van der Waals surface area contributed by atoms with E-state index in [1.54, 1.807) is 29.2 Å². The largest absolute Gasteiger partial charge is 0.490 e. The van der Waals surface area contributed by atoms with E-state index in [-0.39, 0.29) is 42.7 Å². The zero-order valence-corrected chi connectivity index (χ0v) is 27.4. The zero-order chi connectivity index (χ0) is 35.7. The highest BCUT2D eigenvalue weighted by Crippen LogP contribution is 2.33. The summed E-state index contributed by atoms with van der Waals surface area (Å²) in [6, 6.07) is 21.0. The summed E-state index contributed by atoms with van der Waals surface area (Å²) >= 11 is 0. The lowest BCUT2D eigenvalue weighted by atomic mass is 10.0. The van der Waals surface area contributed by atoms with Gasteiger partial charge in [-0.15, -0.1) is 0 Å². The van der Waals surface area contributed by atoms with Crippen molar-refractivity contribution in [2.45, 2.75) is 26.1 Å². The van der Waals surface area contributed by atoms with E-state index in [0.717, 1.165) is 30.3 Å². The van der Waals surface area contributed by atoms with E-state index in [9.17, 15) is 36.6 Å². The number of aliphatic hydroxyl groups excluding tert-OH is 1. The average molecular weight is 684 g/mol. The maximum atomic E-state index is 13.1. The van der Waals surface area contributed by atoms with Crippen LogP contribution in [0.3, 0.4) is 0 Å². The molecular weight excluding hydrogens is 645 g/mol. The number of alkyl halides is 3. The molecule has 2 amide bonds. The molecule has 1 aliphatic rings. The minimum absolute atomic E-state index is 0.0135. The van der Waals surface area contributed by atoms with Crippen LogP contribution in [-0.2, 0) is 23.9 Å². The highest BCUT2D eigenvalue weighted by molar-refractivity contribution is 6.01. The number of rotatable bonds is 8. The molecule has 1 aliphatic heterocycles. The molecule has 0 saturated heterocycles. The number of ether oxygens (including phenoxy) is 1. The van der Waals surface area contributed by atoms with Crippen LogP contribution in [0.15, 0.2) is 84.9 Å². The number of para-hydroxylation sites is 1. The van der Waals surface area contributed by atoms with Crippen LogP contribution < -0.4 is 10.1 Å². The molecule has 12 heteroatoms. The molecule has 0 fully saturated rings. The van der Waals surface area contributed by atoms with E-state index in [4.69, 9.17) is 4.74 Å². The molecule has 0 aromatic heterocycles. The summed E-state index contributed by atoms with van der Waals surface area (Å²) in [6.07, 6.45) is -4.57. The van der Waals surface area contributed by atoms with Gasteiger partial charge in [0.05, 0.1) is 36.4 Å². The van der Waals surface area contributed by atoms with Gasteiger partial charge in [0.2, 0.25) is 5.91 Å². The molecule has 0 unspecified atom stereocenters. The number of anilines is 1. The first-order valence-corrected chi connectivity index (χ1v) is 15.6. The van der Waals surface area contributed by atoms with Gasteiger partial charge in [-0.25, -0.2) is 8.78 Å². The smallest absolute Gasteiger partial charge is 0.416 e. The third-order valence-electron chi connectivity index (χ3n) is 7.57. The molecular formula is C37H38F5N3O4. The summed E-state index contributed by atoms with van der Waals surface area (Å²) < 4.78 is 69.9. The number of nitrogens with one attached hydrogen (secondary N) is 1. The van der Waals surface area contributed by atoms with E-state index in [1.807, 2.05) is 45.3 Å². The fourth-order valence-corrected chi connectivity index (χ4v) is 5.22. The fraction of sp³-hybridized carbons (Fsp3) is 0.297. The van der Waals surface area contributed by atoms with Gasteiger partial charge in [0.15, 0.2) is 17.4 Å². The van der Waals surface area contributed by atoms with Crippen LogP contribution in [0.25, 0.3) is 11.1 Å². The minimum Gasteiger partial charge on any atom is -0.490 e. The van der Waals surface area contributed by atoms with Crippen molar-refractivity contribution in [2.24, 2.45) is 5.92 Å². The van der Waals surface area contributed by atoms with Crippen molar-refractivity contribution in [3.8, 4) is 16.9 Å². The first kappa shape index (κ1) is 37.0. The van der Waals surface area contributed by atoms with Gasteiger partial charge >= 0.3 is 6.18 Å². The number of hydrogen-bond donors (Lipinski definition) is 2. The van der Waals surface area contributed by atoms with Gasteiger partial charge in [-0.05, 0) is 72.7 Å². The first-order valence-electron chi connectivity index (χ1n) is 15.6. The summed E-state index contributed by atoms with van der Waals surface area (Å²) in [7, 11) is 4.01. The Morgan fingerprint density at radius 3 is 2.20 bits per heavy atom. The van der Waals surface area contributed by atoms with Gasteiger partial charge in [0, 0.05) is 25.6 Å². The number of nitrogens with zero attached hydrogens (tertiary/aromatic N) is 2. The molecule has 1 atom stereocenters. The molecule has 0 spiro atoms. The number of benzene rings is 4. The second kappa shape index (κ2) is 16.5. The quantitative estimate of drug-likeness (QED) is 0.195. The van der Waals surface area contributed by atoms with Crippen molar-refractivity contribution < 1.29 is 41.4 Å². The van der Waals surface area contributed by atoms with Gasteiger partial charge < -0.3 is 25.0 Å². The standard InChI is InChI=1S/C22H23F3N2O4.C15H15F2N/c1-14-12-27(9-10-28)21(30)17-3-2-4-18(20(17)31-13-14)26-19(29)11-15-5-7-16(8-6-15)22(23,24)25;1-18(2)10-11-3-5-12(6-4-11)13-7-8-14(16)15(17)9-13/h2-8,14,28H,9-13H2,1H3,(H,26,29);3-9H,10H2,1-2H3/t14-;/m1./s1. The van der Waals surface area contributed by atoms with Gasteiger partial charge in [0.1, 0.15) is 0 Å². The molecule has 0 saturated carbocycles.